The molecule has 0 aliphatic heterocycles. The maximum absolute atomic E-state index is 2.63. The summed E-state index contributed by atoms with van der Waals surface area (Å²) >= 11 is -0.650. The topological polar surface area (TPSA) is 0 Å². The number of rotatable bonds is 4. The maximum atomic E-state index is 2.63. The minimum atomic E-state index is -1.11. The van der Waals surface area contributed by atoms with Crippen molar-refractivity contribution < 1.29 is 0 Å². The van der Waals surface area contributed by atoms with Gasteiger partial charge in [0.2, 0.25) is 0 Å². The number of benzene rings is 1. The molecule has 0 spiro atoms. The quantitative estimate of drug-likeness (QED) is 0.229. The molecular weight excluding hydrogens is 596 g/mol. The van der Waals surface area contributed by atoms with E-state index in [1.165, 1.54) is 5.56 Å². The Labute approximate surface area is 197 Å². The molecule has 4 heteroatoms. The second-order valence-electron chi connectivity index (χ2n) is 14.0. The van der Waals surface area contributed by atoms with Gasteiger partial charge in [0.15, 0.2) is 0 Å². The molecule has 0 aliphatic carbocycles. The summed E-state index contributed by atoms with van der Waals surface area (Å²) < 4.78 is 1.12. The van der Waals surface area contributed by atoms with Gasteiger partial charge in [0.25, 0.3) is 0 Å². The van der Waals surface area contributed by atoms with E-state index in [2.05, 4.69) is 114 Å². The Bertz CT molecular complexity index is 696. The van der Waals surface area contributed by atoms with Crippen LogP contribution in [0.1, 0.15) is 79.0 Å². The average molecular weight is 645 g/mol. The average Bonchev–Trinajstić information content (AvgIpc) is 2.40. The van der Waals surface area contributed by atoms with E-state index in [9.17, 15) is 0 Å². The van der Waals surface area contributed by atoms with Crippen LogP contribution in [0.5, 0.6) is 0 Å². The third kappa shape index (κ3) is 7.73. The van der Waals surface area contributed by atoms with Crippen LogP contribution < -0.4 is 5.30 Å². The van der Waals surface area contributed by atoms with Gasteiger partial charge < -0.3 is 0 Å². The standard InChI is InChI=1S/C18H29P.C7H19Si2.Bi/c1-16(2,3)12-10-13(17(4,5)6)15(19)14(11-12)18(7,8)9;1-8(2,3)7-9(4,5)6;/h10-11H,1-9H3;7H,1-6H3;. The van der Waals surface area contributed by atoms with Crippen molar-refractivity contribution in [2.45, 2.75) is 121 Å². The van der Waals surface area contributed by atoms with Gasteiger partial charge >= 0.3 is 199 Å². The number of hydrogen-bond acceptors (Lipinski definition) is 0. The molecule has 0 atom stereocenters. The van der Waals surface area contributed by atoms with Crippen molar-refractivity contribution in [3.8, 4) is 0 Å². The minimum absolute atomic E-state index is 0.190. The summed E-state index contributed by atoms with van der Waals surface area (Å²) in [5.74, 6) is 0. The van der Waals surface area contributed by atoms with Crippen LogP contribution in [0.15, 0.2) is 12.1 Å². The van der Waals surface area contributed by atoms with E-state index in [1.54, 1.807) is 21.8 Å². The Balaban J connectivity index is 3.88. The molecule has 0 amide bonds. The first-order chi connectivity index (χ1) is 12.6. The van der Waals surface area contributed by atoms with Crippen LogP contribution in [0, 0.1) is 0 Å². The van der Waals surface area contributed by atoms with Gasteiger partial charge in [-0.1, -0.05) is 0 Å². The second-order valence-corrected chi connectivity index (χ2v) is 37.1. The molecule has 1 aromatic rings. The van der Waals surface area contributed by atoms with Gasteiger partial charge in [0.1, 0.15) is 0 Å². The second kappa shape index (κ2) is 9.00. The van der Waals surface area contributed by atoms with Crippen LogP contribution in [-0.2, 0) is 16.2 Å². The zero-order valence-corrected chi connectivity index (χ0v) is 28.5. The summed E-state index contributed by atoms with van der Waals surface area (Å²) in [6.45, 7) is 37.4. The molecule has 0 radical (unpaired) electrons. The van der Waals surface area contributed by atoms with Gasteiger partial charge in [-0.25, -0.2) is 0 Å². The van der Waals surface area contributed by atoms with Crippen molar-refractivity contribution >= 4 is 49.0 Å². The Morgan fingerprint density at radius 2 is 1.00 bits per heavy atom. The molecule has 0 aromatic heterocycles. The Kier molecular flexibility index (Phi) is 8.65. The molecule has 1 aromatic carbocycles. The van der Waals surface area contributed by atoms with Crippen LogP contribution in [0.2, 0.25) is 42.2 Å². The molecule has 0 N–H and O–H groups in total. The van der Waals surface area contributed by atoms with E-state index >= 15 is 0 Å². The molecular formula is C25H48BiPSi2. The van der Waals surface area contributed by atoms with Crippen molar-refractivity contribution in [2.24, 2.45) is 0 Å². The molecule has 166 valence electrons. The van der Waals surface area contributed by atoms with Gasteiger partial charge in [0.05, 0.1) is 0 Å². The van der Waals surface area contributed by atoms with Crippen LogP contribution in [0.25, 0.3) is 0 Å². The first kappa shape index (κ1) is 27.9. The van der Waals surface area contributed by atoms with Crippen molar-refractivity contribution in [1.29, 1.82) is 0 Å². The van der Waals surface area contributed by atoms with Crippen molar-refractivity contribution in [3.05, 3.63) is 28.8 Å². The number of hydrogen-bond donors (Lipinski definition) is 0. The normalized spacial score (nSPS) is 14.9. The zero-order valence-electron chi connectivity index (χ0n) is 22.1. The molecule has 0 nitrogen and oxygen atoms in total. The van der Waals surface area contributed by atoms with Crippen LogP contribution in [0.3, 0.4) is 0 Å². The Hall–Kier alpha value is 0.837. The molecule has 0 saturated carbocycles. The third-order valence-electron chi connectivity index (χ3n) is 5.51. The summed E-state index contributed by atoms with van der Waals surface area (Å²) in [5, 5.41) is 3.44. The van der Waals surface area contributed by atoms with Crippen LogP contribution >= 0.6 is 5.40 Å². The Morgan fingerprint density at radius 1 is 0.655 bits per heavy atom. The SMILES string of the molecule is CC(C)(C)c1cc(C(C)(C)C)c([P]=[Bi][CH]([Si](C)(C)C)[Si](C)(C)C)c(C(C)(C)C)c1. The van der Waals surface area contributed by atoms with Gasteiger partial charge in [0, 0.05) is 0 Å². The summed E-state index contributed by atoms with van der Waals surface area (Å²) in [6, 6.07) is 5.13. The first-order valence-corrected chi connectivity index (χ1v) is 25.8. The first-order valence-electron chi connectivity index (χ1n) is 11.2. The van der Waals surface area contributed by atoms with Crippen molar-refractivity contribution in [3.63, 3.8) is 0 Å². The summed E-state index contributed by atoms with van der Waals surface area (Å²) in [6.07, 6.45) is 0. The monoisotopic (exact) mass is 644 g/mol. The van der Waals surface area contributed by atoms with Crippen LogP contribution in [-0.4, -0.2) is 38.3 Å². The summed E-state index contributed by atoms with van der Waals surface area (Å²) in [7, 11) is -2.22. The van der Waals surface area contributed by atoms with Gasteiger partial charge in [-0.05, 0) is 0 Å². The van der Waals surface area contributed by atoms with Crippen molar-refractivity contribution in [1.82, 2.24) is 0 Å². The van der Waals surface area contributed by atoms with Crippen LogP contribution in [0.4, 0.5) is 0 Å². The molecule has 29 heavy (non-hydrogen) atoms. The fourth-order valence-corrected chi connectivity index (χ4v) is 51.0. The molecule has 0 aliphatic rings. The zero-order chi connectivity index (χ0) is 23.2. The summed E-state index contributed by atoms with van der Waals surface area (Å²) in [5.41, 5.74) is 5.31. The third-order valence-corrected chi connectivity index (χ3v) is 45.5. The van der Waals surface area contributed by atoms with Crippen molar-refractivity contribution in [2.75, 3.05) is 0 Å². The van der Waals surface area contributed by atoms with Gasteiger partial charge in [-0.3, -0.25) is 0 Å². The molecule has 0 bridgehead atoms. The molecule has 0 saturated heterocycles. The fraction of sp³-hybridized carbons (Fsp3) is 0.760. The van der Waals surface area contributed by atoms with E-state index in [-0.39, 0.29) is 16.2 Å². The van der Waals surface area contributed by atoms with E-state index in [0.29, 0.717) is 0 Å². The Morgan fingerprint density at radius 3 is 1.24 bits per heavy atom. The van der Waals surface area contributed by atoms with Gasteiger partial charge in [-0.2, -0.15) is 0 Å². The van der Waals surface area contributed by atoms with E-state index < -0.39 is 38.3 Å². The molecule has 0 fully saturated rings. The molecule has 0 heterocycles. The fourth-order valence-electron chi connectivity index (χ4n) is 4.08. The van der Waals surface area contributed by atoms with E-state index in [0.717, 1.165) is 2.87 Å². The van der Waals surface area contributed by atoms with Gasteiger partial charge in [-0.15, -0.1) is 0 Å². The predicted octanol–water partition coefficient (Wildman–Crippen LogP) is 8.31. The van der Waals surface area contributed by atoms with E-state index in [4.69, 9.17) is 0 Å². The van der Waals surface area contributed by atoms with E-state index in [1.807, 2.05) is 0 Å². The molecule has 1 rings (SSSR count). The predicted molar refractivity (Wildman–Crippen MR) is 145 cm³/mol. The molecule has 0 unspecified atom stereocenters. The summed E-state index contributed by atoms with van der Waals surface area (Å²) in [4.78, 5) is 0.